The summed E-state index contributed by atoms with van der Waals surface area (Å²) in [5.74, 6) is -2.04. The number of likely N-dealkylation sites (tertiary alicyclic amines) is 1. The van der Waals surface area contributed by atoms with Crippen LogP contribution in [0.2, 0.25) is 0 Å². The van der Waals surface area contributed by atoms with Crippen LogP contribution in [0.4, 0.5) is 4.79 Å². The van der Waals surface area contributed by atoms with E-state index in [2.05, 4.69) is 4.74 Å². The molecule has 1 rings (SSSR count). The summed E-state index contributed by atoms with van der Waals surface area (Å²) in [5, 5.41) is 0. The van der Waals surface area contributed by atoms with Gasteiger partial charge in [0.15, 0.2) is 0 Å². The fraction of sp³-hybridized carbons (Fsp3) is 0.750. The van der Waals surface area contributed by atoms with E-state index >= 15 is 0 Å². The summed E-state index contributed by atoms with van der Waals surface area (Å²) in [5.41, 5.74) is -0.671. The summed E-state index contributed by atoms with van der Waals surface area (Å²) in [6.07, 6.45) is 0.274. The molecule has 0 aliphatic carbocycles. The van der Waals surface area contributed by atoms with Crippen LogP contribution in [0.1, 0.15) is 33.6 Å². The first-order valence-electron chi connectivity index (χ1n) is 5.88. The van der Waals surface area contributed by atoms with Crippen LogP contribution in [0.15, 0.2) is 0 Å². The molecule has 0 bridgehead atoms. The molecule has 6 nitrogen and oxygen atoms in total. The molecule has 6 heteroatoms. The van der Waals surface area contributed by atoms with Crippen molar-refractivity contribution in [2.24, 2.45) is 5.92 Å². The molecular weight excluding hydrogens is 238 g/mol. The molecule has 1 aliphatic heterocycles. The van der Waals surface area contributed by atoms with E-state index in [1.165, 1.54) is 7.11 Å². The minimum Gasteiger partial charge on any atom is -0.468 e. The Labute approximate surface area is 106 Å². The quantitative estimate of drug-likeness (QED) is 0.523. The number of ether oxygens (including phenoxy) is 2. The number of methoxy groups -OCH3 is 1. The van der Waals surface area contributed by atoms with E-state index < -0.39 is 29.5 Å². The number of carbonyl (C=O) groups excluding carboxylic acids is 3. The van der Waals surface area contributed by atoms with Crippen LogP contribution in [-0.4, -0.2) is 42.1 Å². The molecule has 1 atom stereocenters. The van der Waals surface area contributed by atoms with Crippen LogP contribution < -0.4 is 0 Å². The standard InChI is InChI=1S/C12H19NO5/c1-12(2,3)18-11(16)13-7-5-6-8(9(13)14)10(15)17-4/h8H,5-7H2,1-4H3. The van der Waals surface area contributed by atoms with Gasteiger partial charge in [-0.2, -0.15) is 0 Å². The smallest absolute Gasteiger partial charge is 0.417 e. The van der Waals surface area contributed by atoms with Gasteiger partial charge in [0, 0.05) is 6.54 Å². The number of piperidine rings is 1. The van der Waals surface area contributed by atoms with Gasteiger partial charge in [-0.15, -0.1) is 0 Å². The third kappa shape index (κ3) is 3.45. The van der Waals surface area contributed by atoms with Crippen molar-refractivity contribution in [2.75, 3.05) is 13.7 Å². The second-order valence-corrected chi connectivity index (χ2v) is 5.19. The largest absolute Gasteiger partial charge is 0.468 e. The molecule has 0 aromatic rings. The zero-order valence-electron chi connectivity index (χ0n) is 11.2. The van der Waals surface area contributed by atoms with Crippen molar-refractivity contribution < 1.29 is 23.9 Å². The molecule has 18 heavy (non-hydrogen) atoms. The van der Waals surface area contributed by atoms with Gasteiger partial charge in [0.05, 0.1) is 7.11 Å². The van der Waals surface area contributed by atoms with Gasteiger partial charge in [0.2, 0.25) is 5.91 Å². The fourth-order valence-corrected chi connectivity index (χ4v) is 1.73. The van der Waals surface area contributed by atoms with Gasteiger partial charge in [-0.1, -0.05) is 0 Å². The third-order valence-electron chi connectivity index (χ3n) is 2.54. The molecule has 1 saturated heterocycles. The van der Waals surface area contributed by atoms with E-state index in [1.807, 2.05) is 0 Å². The molecule has 1 unspecified atom stereocenters. The number of carbonyl (C=O) groups is 3. The fourth-order valence-electron chi connectivity index (χ4n) is 1.73. The monoisotopic (exact) mass is 257 g/mol. The van der Waals surface area contributed by atoms with E-state index in [0.717, 1.165) is 4.90 Å². The maximum atomic E-state index is 12.0. The number of hydrogen-bond donors (Lipinski definition) is 0. The molecule has 1 aliphatic rings. The minimum absolute atomic E-state index is 0.279. The molecule has 0 radical (unpaired) electrons. The first kappa shape index (κ1) is 14.5. The molecule has 1 fully saturated rings. The summed E-state index contributed by atoms with van der Waals surface area (Å²) >= 11 is 0. The highest BCUT2D eigenvalue weighted by atomic mass is 16.6. The van der Waals surface area contributed by atoms with E-state index in [1.54, 1.807) is 20.8 Å². The Hall–Kier alpha value is -1.59. The highest BCUT2D eigenvalue weighted by Crippen LogP contribution is 2.21. The second-order valence-electron chi connectivity index (χ2n) is 5.19. The molecular formula is C12H19NO5. The van der Waals surface area contributed by atoms with Gasteiger partial charge in [-0.3, -0.25) is 9.59 Å². The summed E-state index contributed by atoms with van der Waals surface area (Å²) < 4.78 is 9.67. The third-order valence-corrected chi connectivity index (χ3v) is 2.54. The van der Waals surface area contributed by atoms with E-state index in [9.17, 15) is 14.4 Å². The molecule has 102 valence electrons. The molecule has 0 aromatic carbocycles. The Morgan fingerprint density at radius 2 is 1.94 bits per heavy atom. The van der Waals surface area contributed by atoms with Gasteiger partial charge < -0.3 is 9.47 Å². The summed E-state index contributed by atoms with van der Waals surface area (Å²) in [4.78, 5) is 36.2. The van der Waals surface area contributed by atoms with Crippen molar-refractivity contribution >= 4 is 18.0 Å². The lowest BCUT2D eigenvalue weighted by atomic mass is 9.97. The van der Waals surface area contributed by atoms with E-state index in [4.69, 9.17) is 4.74 Å². The van der Waals surface area contributed by atoms with Crippen molar-refractivity contribution in [1.29, 1.82) is 0 Å². The highest BCUT2D eigenvalue weighted by molar-refractivity contribution is 6.04. The van der Waals surface area contributed by atoms with Crippen molar-refractivity contribution in [2.45, 2.75) is 39.2 Å². The number of nitrogens with zero attached hydrogens (tertiary/aromatic N) is 1. The number of imide groups is 1. The van der Waals surface area contributed by atoms with Crippen molar-refractivity contribution in [3.05, 3.63) is 0 Å². The second kappa shape index (κ2) is 5.37. The van der Waals surface area contributed by atoms with Crippen LogP contribution in [-0.2, 0) is 19.1 Å². The average Bonchev–Trinajstić information content (AvgIpc) is 2.26. The zero-order valence-corrected chi connectivity index (χ0v) is 11.2. The molecule has 0 aromatic heterocycles. The Bertz CT molecular complexity index is 358. The number of amides is 2. The number of hydrogen-bond acceptors (Lipinski definition) is 5. The van der Waals surface area contributed by atoms with Crippen molar-refractivity contribution in [3.63, 3.8) is 0 Å². The van der Waals surface area contributed by atoms with Crippen LogP contribution in [0.25, 0.3) is 0 Å². The Balaban J connectivity index is 2.75. The molecule has 0 N–H and O–H groups in total. The topological polar surface area (TPSA) is 72.9 Å². The van der Waals surface area contributed by atoms with Crippen LogP contribution in [0.5, 0.6) is 0 Å². The molecule has 0 saturated carbocycles. The van der Waals surface area contributed by atoms with Crippen molar-refractivity contribution in [3.8, 4) is 0 Å². The van der Waals surface area contributed by atoms with Gasteiger partial charge in [0.25, 0.3) is 0 Å². The predicted molar refractivity (Wildman–Crippen MR) is 62.7 cm³/mol. The SMILES string of the molecule is COC(=O)C1CCCN(C(=O)OC(C)(C)C)C1=O. The van der Waals surface area contributed by atoms with E-state index in [0.29, 0.717) is 12.8 Å². The Kier molecular flexibility index (Phi) is 4.32. The Morgan fingerprint density at radius 3 is 2.44 bits per heavy atom. The molecule has 1 heterocycles. The summed E-state index contributed by atoms with van der Waals surface area (Å²) in [6, 6.07) is 0. The number of rotatable bonds is 1. The maximum absolute atomic E-state index is 12.0. The van der Waals surface area contributed by atoms with Gasteiger partial charge in [-0.25, -0.2) is 9.69 Å². The number of esters is 1. The summed E-state index contributed by atoms with van der Waals surface area (Å²) in [7, 11) is 1.22. The Morgan fingerprint density at radius 1 is 1.33 bits per heavy atom. The highest BCUT2D eigenvalue weighted by Gasteiger charge is 2.39. The lowest BCUT2D eigenvalue weighted by molar-refractivity contribution is -0.155. The summed E-state index contributed by atoms with van der Waals surface area (Å²) in [6.45, 7) is 5.44. The van der Waals surface area contributed by atoms with Crippen LogP contribution >= 0.6 is 0 Å². The normalized spacial score (nSPS) is 20.6. The minimum atomic E-state index is -0.892. The van der Waals surface area contributed by atoms with Gasteiger partial charge in [-0.05, 0) is 33.6 Å². The lowest BCUT2D eigenvalue weighted by Crippen LogP contribution is -2.49. The first-order valence-corrected chi connectivity index (χ1v) is 5.88. The molecule has 2 amide bonds. The average molecular weight is 257 g/mol. The molecule has 0 spiro atoms. The van der Waals surface area contributed by atoms with Gasteiger partial charge >= 0.3 is 12.1 Å². The van der Waals surface area contributed by atoms with Crippen LogP contribution in [0.3, 0.4) is 0 Å². The maximum Gasteiger partial charge on any atom is 0.417 e. The first-order chi connectivity index (χ1) is 8.26. The lowest BCUT2D eigenvalue weighted by Gasteiger charge is -2.31. The van der Waals surface area contributed by atoms with Gasteiger partial charge in [0.1, 0.15) is 11.5 Å². The zero-order chi connectivity index (χ0) is 13.9. The predicted octanol–water partition coefficient (Wildman–Crippen LogP) is 1.33. The van der Waals surface area contributed by atoms with Crippen molar-refractivity contribution in [1.82, 2.24) is 4.90 Å². The van der Waals surface area contributed by atoms with E-state index in [-0.39, 0.29) is 6.54 Å². The van der Waals surface area contributed by atoms with Crippen LogP contribution in [0, 0.1) is 5.92 Å².